The molecule has 3 heteroatoms. The Labute approximate surface area is 177 Å². The second kappa shape index (κ2) is 6.68. The molecule has 3 aliphatic rings. The van der Waals surface area contributed by atoms with Crippen LogP contribution in [0.2, 0.25) is 0 Å². The number of hydrogen-bond acceptors (Lipinski definition) is 2. The summed E-state index contributed by atoms with van der Waals surface area (Å²) in [6.07, 6.45) is 5.92. The van der Waals surface area contributed by atoms with Crippen LogP contribution in [-0.4, -0.2) is 28.8 Å². The van der Waals surface area contributed by atoms with Gasteiger partial charge >= 0.3 is 0 Å². The Balaban J connectivity index is 1.32. The molecule has 1 aliphatic carbocycles. The van der Waals surface area contributed by atoms with Gasteiger partial charge in [-0.25, -0.2) is 0 Å². The third-order valence-electron chi connectivity index (χ3n) is 7.89. The predicted molar refractivity (Wildman–Crippen MR) is 121 cm³/mol. The summed E-state index contributed by atoms with van der Waals surface area (Å²) in [6.45, 7) is 4.60. The molecule has 0 unspecified atom stereocenters. The lowest BCUT2D eigenvalue weighted by Crippen LogP contribution is -2.57. The zero-order chi connectivity index (χ0) is 20.3. The summed E-state index contributed by atoms with van der Waals surface area (Å²) >= 11 is 0. The number of ketones is 1. The number of aromatic nitrogens is 1. The average Bonchev–Trinajstić information content (AvgIpc) is 3.14. The van der Waals surface area contributed by atoms with E-state index >= 15 is 0 Å². The molecule has 3 atom stereocenters. The van der Waals surface area contributed by atoms with Crippen LogP contribution in [0.4, 0.5) is 0 Å². The number of rotatable bonds is 1. The number of Topliss-reactive ketones (excluding diaryl/α,β-unsaturated/α-hetero) is 1. The van der Waals surface area contributed by atoms with Gasteiger partial charge in [-0.1, -0.05) is 48.5 Å². The lowest BCUT2D eigenvalue weighted by atomic mass is 9.65. The van der Waals surface area contributed by atoms with Crippen molar-refractivity contribution in [2.75, 3.05) is 13.1 Å². The lowest BCUT2D eigenvalue weighted by molar-refractivity contribution is -0.121. The second-order valence-electron chi connectivity index (χ2n) is 9.63. The molecule has 0 spiro atoms. The zero-order valence-corrected chi connectivity index (χ0v) is 17.5. The maximum Gasteiger partial charge on any atom is 0.159 e. The van der Waals surface area contributed by atoms with Crippen molar-refractivity contribution in [3.05, 3.63) is 77.0 Å². The van der Waals surface area contributed by atoms with E-state index in [2.05, 4.69) is 59.3 Å². The van der Waals surface area contributed by atoms with E-state index in [1.807, 2.05) is 18.2 Å². The molecule has 0 radical (unpaired) electrons. The van der Waals surface area contributed by atoms with Crippen LogP contribution in [0.5, 0.6) is 0 Å². The number of carbonyl (C=O) groups excluding carboxylic acids is 1. The number of para-hydroxylation sites is 1. The Bertz CT molecular complexity index is 1160. The number of benzene rings is 2. The summed E-state index contributed by atoms with van der Waals surface area (Å²) in [5.41, 5.74) is 6.31. The van der Waals surface area contributed by atoms with Crippen LogP contribution >= 0.6 is 0 Å². The van der Waals surface area contributed by atoms with Crippen LogP contribution in [0, 0.1) is 11.8 Å². The monoisotopic (exact) mass is 396 g/mol. The highest BCUT2D eigenvalue weighted by molar-refractivity contribution is 6.00. The molecule has 3 nitrogen and oxygen atoms in total. The SMILES string of the molecule is C[C@@]12C[C@@H]3CC(=O)/C(=C/c4ccccc4)C[C@H]3CN1CCc1c2[nH]c2ccccc12. The van der Waals surface area contributed by atoms with Gasteiger partial charge in [0.1, 0.15) is 0 Å². The van der Waals surface area contributed by atoms with Gasteiger partial charge in [-0.05, 0) is 66.9 Å². The van der Waals surface area contributed by atoms with Gasteiger partial charge < -0.3 is 4.98 Å². The normalized spacial score (nSPS) is 30.2. The van der Waals surface area contributed by atoms with Crippen molar-refractivity contribution in [1.29, 1.82) is 0 Å². The predicted octanol–water partition coefficient (Wildman–Crippen LogP) is 5.32. The first-order valence-corrected chi connectivity index (χ1v) is 11.3. The van der Waals surface area contributed by atoms with Crippen molar-refractivity contribution in [3.63, 3.8) is 0 Å². The third kappa shape index (κ3) is 2.72. The lowest BCUT2D eigenvalue weighted by Gasteiger charge is -2.54. The standard InChI is InChI=1S/C27H28N2O/c1-27-16-20-15-25(30)19(13-18-7-3-2-4-8-18)14-21(20)17-29(27)12-11-23-22-9-5-6-10-24(22)28-26(23)27/h2-10,13,20-21,28H,11-12,14-17H2,1H3/b19-13+/t20-,21-,27-/m0/s1. The Hall–Kier alpha value is -2.65. The van der Waals surface area contributed by atoms with Gasteiger partial charge in [0.15, 0.2) is 5.78 Å². The van der Waals surface area contributed by atoms with E-state index in [9.17, 15) is 4.79 Å². The fourth-order valence-corrected chi connectivity index (χ4v) is 6.33. The topological polar surface area (TPSA) is 36.1 Å². The number of carbonyl (C=O) groups is 1. The summed E-state index contributed by atoms with van der Waals surface area (Å²) in [5, 5.41) is 1.38. The summed E-state index contributed by atoms with van der Waals surface area (Å²) in [4.78, 5) is 19.5. The minimum atomic E-state index is 0.00863. The smallest absolute Gasteiger partial charge is 0.159 e. The van der Waals surface area contributed by atoms with Crippen molar-refractivity contribution in [1.82, 2.24) is 9.88 Å². The largest absolute Gasteiger partial charge is 0.357 e. The van der Waals surface area contributed by atoms with E-state index in [1.165, 1.54) is 22.2 Å². The Morgan fingerprint density at radius 1 is 1.03 bits per heavy atom. The van der Waals surface area contributed by atoms with Gasteiger partial charge in [0, 0.05) is 36.1 Å². The van der Waals surface area contributed by atoms with Crippen molar-refractivity contribution >= 4 is 22.8 Å². The highest BCUT2D eigenvalue weighted by Gasteiger charge is 2.49. The minimum Gasteiger partial charge on any atom is -0.357 e. The molecule has 2 aromatic carbocycles. The fraction of sp³-hybridized carbons (Fsp3) is 0.370. The van der Waals surface area contributed by atoms with E-state index in [0.717, 1.165) is 43.5 Å². The number of nitrogens with zero attached hydrogens (tertiary/aromatic N) is 1. The van der Waals surface area contributed by atoms with Crippen LogP contribution in [0.25, 0.3) is 17.0 Å². The molecule has 30 heavy (non-hydrogen) atoms. The van der Waals surface area contributed by atoms with Crippen LogP contribution in [0.3, 0.4) is 0 Å². The molecule has 0 amide bonds. The number of allylic oxidation sites excluding steroid dienone is 1. The zero-order valence-electron chi connectivity index (χ0n) is 17.5. The number of H-pyrrole nitrogens is 1. The van der Waals surface area contributed by atoms with E-state index in [1.54, 1.807) is 0 Å². The molecule has 0 bridgehead atoms. The number of aromatic amines is 1. The van der Waals surface area contributed by atoms with Gasteiger partial charge in [-0.2, -0.15) is 0 Å². The molecule has 3 heterocycles. The number of fused-ring (bicyclic) bond motifs is 6. The Morgan fingerprint density at radius 3 is 2.70 bits per heavy atom. The van der Waals surface area contributed by atoms with Crippen molar-refractivity contribution in [2.24, 2.45) is 11.8 Å². The fourth-order valence-electron chi connectivity index (χ4n) is 6.33. The van der Waals surface area contributed by atoms with Gasteiger partial charge in [0.25, 0.3) is 0 Å². The van der Waals surface area contributed by atoms with Crippen molar-refractivity contribution in [3.8, 4) is 0 Å². The maximum absolute atomic E-state index is 13.0. The van der Waals surface area contributed by atoms with Crippen LogP contribution in [-0.2, 0) is 16.8 Å². The minimum absolute atomic E-state index is 0.00863. The average molecular weight is 397 g/mol. The van der Waals surface area contributed by atoms with Crippen LogP contribution in [0.1, 0.15) is 43.0 Å². The molecular weight excluding hydrogens is 368 g/mol. The highest BCUT2D eigenvalue weighted by Crippen LogP contribution is 2.50. The molecule has 1 saturated heterocycles. The molecule has 6 rings (SSSR count). The Kier molecular flexibility index (Phi) is 4.04. The molecule has 3 aromatic rings. The summed E-state index contributed by atoms with van der Waals surface area (Å²) in [7, 11) is 0. The number of nitrogens with one attached hydrogen (secondary N) is 1. The summed E-state index contributed by atoms with van der Waals surface area (Å²) in [6, 6.07) is 19.0. The third-order valence-corrected chi connectivity index (χ3v) is 7.89. The molecule has 1 aromatic heterocycles. The second-order valence-corrected chi connectivity index (χ2v) is 9.63. The van der Waals surface area contributed by atoms with Crippen molar-refractivity contribution < 1.29 is 4.79 Å². The first kappa shape index (κ1) is 18.1. The number of hydrogen-bond donors (Lipinski definition) is 1. The molecular formula is C27H28N2O. The first-order chi connectivity index (χ1) is 14.6. The molecule has 1 N–H and O–H groups in total. The molecule has 1 saturated carbocycles. The van der Waals surface area contributed by atoms with Crippen LogP contribution in [0.15, 0.2) is 60.2 Å². The van der Waals surface area contributed by atoms with E-state index in [4.69, 9.17) is 0 Å². The summed E-state index contributed by atoms with van der Waals surface area (Å²) < 4.78 is 0. The van der Waals surface area contributed by atoms with Crippen LogP contribution < -0.4 is 0 Å². The maximum atomic E-state index is 13.0. The van der Waals surface area contributed by atoms with Gasteiger partial charge in [0.05, 0.1) is 5.54 Å². The van der Waals surface area contributed by atoms with Gasteiger partial charge in [0.2, 0.25) is 0 Å². The van der Waals surface area contributed by atoms with E-state index in [-0.39, 0.29) is 5.54 Å². The highest BCUT2D eigenvalue weighted by atomic mass is 16.1. The Morgan fingerprint density at radius 2 is 1.83 bits per heavy atom. The molecule has 2 fully saturated rings. The summed E-state index contributed by atoms with van der Waals surface area (Å²) in [5.74, 6) is 1.41. The molecule has 2 aliphatic heterocycles. The van der Waals surface area contributed by atoms with Gasteiger partial charge in [-0.3, -0.25) is 9.69 Å². The van der Waals surface area contributed by atoms with Gasteiger partial charge in [-0.15, -0.1) is 0 Å². The van der Waals surface area contributed by atoms with Crippen molar-refractivity contribution in [2.45, 2.75) is 38.1 Å². The van der Waals surface area contributed by atoms with E-state index < -0.39 is 0 Å². The first-order valence-electron chi connectivity index (χ1n) is 11.3. The quantitative estimate of drug-likeness (QED) is 0.565. The molecule has 152 valence electrons. The van der Waals surface area contributed by atoms with E-state index in [0.29, 0.717) is 24.0 Å². The number of piperidine rings is 1.